The van der Waals surface area contributed by atoms with Crippen molar-refractivity contribution < 1.29 is 4.79 Å². The smallest absolute Gasteiger partial charge is 0.256 e. The number of nitrogen functional groups attached to an aromatic ring is 1. The lowest BCUT2D eigenvalue weighted by Crippen LogP contribution is -2.29. The second kappa shape index (κ2) is 5.14. The first-order valence-corrected chi connectivity index (χ1v) is 4.87. The third-order valence-corrected chi connectivity index (χ3v) is 1.94. The van der Waals surface area contributed by atoms with Crippen LogP contribution in [0.5, 0.6) is 0 Å². The van der Waals surface area contributed by atoms with Gasteiger partial charge in [0.25, 0.3) is 5.91 Å². The molecule has 1 aromatic carbocycles. The van der Waals surface area contributed by atoms with Crippen LogP contribution in [0.3, 0.4) is 0 Å². The molecule has 15 heavy (non-hydrogen) atoms. The highest BCUT2D eigenvalue weighted by molar-refractivity contribution is 6.05. The number of amidine groups is 1. The SMILES string of the molecule is CCCC(=N)NC(=O)c1ccc(N)cc1. The van der Waals surface area contributed by atoms with Crippen molar-refractivity contribution in [3.05, 3.63) is 29.8 Å². The number of anilines is 1. The molecule has 4 nitrogen and oxygen atoms in total. The van der Waals surface area contributed by atoms with E-state index >= 15 is 0 Å². The minimum atomic E-state index is -0.256. The third kappa shape index (κ3) is 3.42. The number of hydrogen-bond donors (Lipinski definition) is 3. The van der Waals surface area contributed by atoms with Gasteiger partial charge in [0.05, 0.1) is 5.84 Å². The molecular formula is C11H15N3O. The number of nitrogens with two attached hydrogens (primary N) is 1. The Morgan fingerprint density at radius 3 is 2.53 bits per heavy atom. The zero-order chi connectivity index (χ0) is 11.3. The molecule has 80 valence electrons. The lowest BCUT2D eigenvalue weighted by molar-refractivity contribution is 0.0976. The molecule has 4 heteroatoms. The highest BCUT2D eigenvalue weighted by Gasteiger charge is 2.06. The van der Waals surface area contributed by atoms with Crippen molar-refractivity contribution >= 4 is 17.4 Å². The average molecular weight is 205 g/mol. The fraction of sp³-hybridized carbons (Fsp3) is 0.273. The van der Waals surface area contributed by atoms with Gasteiger partial charge < -0.3 is 11.1 Å². The molecule has 0 atom stereocenters. The number of hydrogen-bond acceptors (Lipinski definition) is 3. The molecular weight excluding hydrogens is 190 g/mol. The van der Waals surface area contributed by atoms with Gasteiger partial charge in [-0.3, -0.25) is 10.2 Å². The highest BCUT2D eigenvalue weighted by atomic mass is 16.1. The molecule has 0 saturated heterocycles. The number of carbonyl (C=O) groups excluding carboxylic acids is 1. The van der Waals surface area contributed by atoms with E-state index in [0.29, 0.717) is 17.7 Å². The summed E-state index contributed by atoms with van der Waals surface area (Å²) in [6, 6.07) is 6.62. The molecule has 0 aliphatic rings. The zero-order valence-corrected chi connectivity index (χ0v) is 8.71. The monoisotopic (exact) mass is 205 g/mol. The maximum atomic E-state index is 11.5. The molecule has 0 heterocycles. The number of amides is 1. The van der Waals surface area contributed by atoms with Crippen LogP contribution >= 0.6 is 0 Å². The maximum Gasteiger partial charge on any atom is 0.256 e. The molecule has 0 spiro atoms. The summed E-state index contributed by atoms with van der Waals surface area (Å²) >= 11 is 0. The van der Waals surface area contributed by atoms with E-state index in [9.17, 15) is 4.79 Å². The summed E-state index contributed by atoms with van der Waals surface area (Å²) in [5, 5.41) is 9.97. The van der Waals surface area contributed by atoms with Crippen molar-refractivity contribution in [2.75, 3.05) is 5.73 Å². The Labute approximate surface area is 89.0 Å². The predicted octanol–water partition coefficient (Wildman–Crippen LogP) is 1.78. The lowest BCUT2D eigenvalue weighted by atomic mass is 10.2. The van der Waals surface area contributed by atoms with Gasteiger partial charge in [0.2, 0.25) is 0 Å². The Morgan fingerprint density at radius 2 is 2.00 bits per heavy atom. The van der Waals surface area contributed by atoms with Crippen LogP contribution in [0.2, 0.25) is 0 Å². The summed E-state index contributed by atoms with van der Waals surface area (Å²) in [5.74, 6) is -0.00669. The number of nitrogens with one attached hydrogen (secondary N) is 2. The summed E-state index contributed by atoms with van der Waals surface area (Å²) < 4.78 is 0. The molecule has 0 bridgehead atoms. The van der Waals surface area contributed by atoms with E-state index in [2.05, 4.69) is 5.32 Å². The minimum Gasteiger partial charge on any atom is -0.399 e. The van der Waals surface area contributed by atoms with E-state index in [-0.39, 0.29) is 11.7 Å². The van der Waals surface area contributed by atoms with E-state index in [0.717, 1.165) is 6.42 Å². The van der Waals surface area contributed by atoms with Crippen molar-refractivity contribution in [2.45, 2.75) is 19.8 Å². The summed E-state index contributed by atoms with van der Waals surface area (Å²) in [5.41, 5.74) is 6.64. The van der Waals surface area contributed by atoms with E-state index in [4.69, 9.17) is 11.1 Å². The predicted molar refractivity (Wildman–Crippen MR) is 61.0 cm³/mol. The van der Waals surface area contributed by atoms with Crippen LogP contribution in [0, 0.1) is 5.41 Å². The number of carbonyl (C=O) groups is 1. The molecule has 0 fully saturated rings. The topological polar surface area (TPSA) is 79.0 Å². The summed E-state index contributed by atoms with van der Waals surface area (Å²) in [7, 11) is 0. The third-order valence-electron chi connectivity index (χ3n) is 1.94. The molecule has 0 saturated carbocycles. The summed E-state index contributed by atoms with van der Waals surface area (Å²) in [6.07, 6.45) is 1.43. The van der Waals surface area contributed by atoms with Gasteiger partial charge in [-0.15, -0.1) is 0 Å². The van der Waals surface area contributed by atoms with Gasteiger partial charge in [0.15, 0.2) is 0 Å². The molecule has 1 amide bonds. The first-order valence-electron chi connectivity index (χ1n) is 4.87. The molecule has 4 N–H and O–H groups in total. The average Bonchev–Trinajstić information content (AvgIpc) is 2.18. The second-order valence-electron chi connectivity index (χ2n) is 3.30. The first kappa shape index (κ1) is 11.2. The first-order chi connectivity index (χ1) is 7.13. The van der Waals surface area contributed by atoms with Crippen LogP contribution in [0.15, 0.2) is 24.3 Å². The van der Waals surface area contributed by atoms with Crippen molar-refractivity contribution in [1.29, 1.82) is 5.41 Å². The van der Waals surface area contributed by atoms with Crippen LogP contribution < -0.4 is 11.1 Å². The van der Waals surface area contributed by atoms with E-state index in [1.807, 2.05) is 6.92 Å². The van der Waals surface area contributed by atoms with Gasteiger partial charge in [0.1, 0.15) is 0 Å². The van der Waals surface area contributed by atoms with Crippen LogP contribution in [0.1, 0.15) is 30.1 Å². The minimum absolute atomic E-state index is 0.249. The van der Waals surface area contributed by atoms with Crippen molar-refractivity contribution in [1.82, 2.24) is 5.32 Å². The fourth-order valence-corrected chi connectivity index (χ4v) is 1.16. The molecule has 0 aromatic heterocycles. The zero-order valence-electron chi connectivity index (χ0n) is 8.71. The quantitative estimate of drug-likeness (QED) is 0.399. The van der Waals surface area contributed by atoms with Gasteiger partial charge in [-0.2, -0.15) is 0 Å². The molecule has 0 aliphatic carbocycles. The maximum absolute atomic E-state index is 11.5. The van der Waals surface area contributed by atoms with Gasteiger partial charge in [-0.1, -0.05) is 6.92 Å². The Bertz CT molecular complexity index is 357. The highest BCUT2D eigenvalue weighted by Crippen LogP contribution is 2.05. The van der Waals surface area contributed by atoms with Crippen molar-refractivity contribution in [2.24, 2.45) is 0 Å². The number of rotatable bonds is 3. The normalized spacial score (nSPS) is 9.67. The van der Waals surface area contributed by atoms with Crippen LogP contribution in [0.4, 0.5) is 5.69 Å². The van der Waals surface area contributed by atoms with E-state index < -0.39 is 0 Å². The molecule has 1 rings (SSSR count). The Hall–Kier alpha value is -1.84. The standard InChI is InChI=1S/C11H15N3O/c1-2-3-10(13)14-11(15)8-4-6-9(12)7-5-8/h4-7H,2-3,12H2,1H3,(H2,13,14,15). The van der Waals surface area contributed by atoms with Crippen molar-refractivity contribution in [3.8, 4) is 0 Å². The van der Waals surface area contributed by atoms with E-state index in [1.165, 1.54) is 0 Å². The van der Waals surface area contributed by atoms with Gasteiger partial charge in [-0.05, 0) is 30.7 Å². The molecule has 0 radical (unpaired) electrons. The Kier molecular flexibility index (Phi) is 3.85. The van der Waals surface area contributed by atoms with Crippen molar-refractivity contribution in [3.63, 3.8) is 0 Å². The molecule has 1 aromatic rings. The Morgan fingerprint density at radius 1 is 1.40 bits per heavy atom. The summed E-state index contributed by atoms with van der Waals surface area (Å²) in [4.78, 5) is 11.5. The van der Waals surface area contributed by atoms with Gasteiger partial charge in [-0.25, -0.2) is 0 Å². The second-order valence-corrected chi connectivity index (χ2v) is 3.30. The van der Waals surface area contributed by atoms with Crippen LogP contribution in [0.25, 0.3) is 0 Å². The van der Waals surface area contributed by atoms with Gasteiger partial charge in [0, 0.05) is 17.7 Å². The lowest BCUT2D eigenvalue weighted by Gasteiger charge is -2.05. The molecule has 0 unspecified atom stereocenters. The molecule has 0 aliphatic heterocycles. The fourth-order valence-electron chi connectivity index (χ4n) is 1.16. The van der Waals surface area contributed by atoms with Crippen LogP contribution in [-0.4, -0.2) is 11.7 Å². The Balaban J connectivity index is 2.61. The summed E-state index contributed by atoms with van der Waals surface area (Å²) in [6.45, 7) is 1.96. The number of benzene rings is 1. The van der Waals surface area contributed by atoms with Gasteiger partial charge >= 0.3 is 0 Å². The van der Waals surface area contributed by atoms with Crippen LogP contribution in [-0.2, 0) is 0 Å². The van der Waals surface area contributed by atoms with E-state index in [1.54, 1.807) is 24.3 Å². The largest absolute Gasteiger partial charge is 0.399 e.